The minimum absolute atomic E-state index is 0.382. The van der Waals surface area contributed by atoms with Crippen LogP contribution in [0.4, 0.5) is 5.82 Å². The number of rotatable bonds is 1. The average Bonchev–Trinajstić information content (AvgIpc) is 2.72. The molecule has 18 heavy (non-hydrogen) atoms. The smallest absolute Gasteiger partial charge is 0.203 e. The van der Waals surface area contributed by atoms with Crippen LogP contribution in [-0.2, 0) is 0 Å². The number of methoxy groups -OCH3 is 1. The maximum absolute atomic E-state index is 5.89. The molecule has 6 nitrogen and oxygen atoms in total. The van der Waals surface area contributed by atoms with Gasteiger partial charge in [0, 0.05) is 6.07 Å². The standard InChI is InChI=1S/C12H13N5O/c1-6-4-8-9(5-10(6)18-3)17-7(2)15-16-12(17)11(13)14-8/h4-5H,1-3H3,(H2,13,14). The van der Waals surface area contributed by atoms with E-state index in [9.17, 15) is 0 Å². The second-order valence-electron chi connectivity index (χ2n) is 4.21. The van der Waals surface area contributed by atoms with Crippen LogP contribution < -0.4 is 10.5 Å². The number of hydrogen-bond donors (Lipinski definition) is 1. The fourth-order valence-electron chi connectivity index (χ4n) is 2.15. The molecule has 0 unspecified atom stereocenters. The molecule has 0 amide bonds. The molecule has 92 valence electrons. The Morgan fingerprint density at radius 1 is 1.22 bits per heavy atom. The lowest BCUT2D eigenvalue weighted by molar-refractivity contribution is 0.412. The van der Waals surface area contributed by atoms with Crippen molar-refractivity contribution in [2.75, 3.05) is 12.8 Å². The second kappa shape index (κ2) is 3.56. The summed E-state index contributed by atoms with van der Waals surface area (Å²) in [7, 11) is 1.65. The zero-order chi connectivity index (χ0) is 12.9. The molecule has 0 radical (unpaired) electrons. The molecule has 0 spiro atoms. The molecule has 6 heteroatoms. The van der Waals surface area contributed by atoms with Gasteiger partial charge in [0.1, 0.15) is 11.6 Å². The molecule has 2 aromatic heterocycles. The fraction of sp³-hybridized carbons (Fsp3) is 0.250. The highest BCUT2D eigenvalue weighted by molar-refractivity contribution is 5.84. The van der Waals surface area contributed by atoms with Crippen molar-refractivity contribution in [2.45, 2.75) is 13.8 Å². The maximum atomic E-state index is 5.89. The summed E-state index contributed by atoms with van der Waals surface area (Å²) in [4.78, 5) is 4.35. The predicted octanol–water partition coefficient (Wildman–Crippen LogP) is 1.49. The average molecular weight is 243 g/mol. The Balaban J connectivity index is 2.55. The van der Waals surface area contributed by atoms with Crippen molar-refractivity contribution in [3.63, 3.8) is 0 Å². The summed E-state index contributed by atoms with van der Waals surface area (Å²) >= 11 is 0. The second-order valence-corrected chi connectivity index (χ2v) is 4.21. The summed E-state index contributed by atoms with van der Waals surface area (Å²) in [6.07, 6.45) is 0. The Labute approximate surface area is 103 Å². The minimum atomic E-state index is 0.382. The van der Waals surface area contributed by atoms with E-state index in [1.54, 1.807) is 7.11 Å². The van der Waals surface area contributed by atoms with Crippen LogP contribution in [0.2, 0.25) is 0 Å². The number of nitrogens with zero attached hydrogens (tertiary/aromatic N) is 4. The first-order valence-electron chi connectivity index (χ1n) is 5.57. The SMILES string of the molecule is COc1cc2c(cc1C)nc(N)c1nnc(C)n12. The molecule has 1 aromatic carbocycles. The number of nitrogens with two attached hydrogens (primary N) is 1. The van der Waals surface area contributed by atoms with Crippen LogP contribution in [0.1, 0.15) is 11.4 Å². The third-order valence-electron chi connectivity index (χ3n) is 3.03. The molecule has 0 aliphatic carbocycles. The molecule has 0 aliphatic heterocycles. The first-order valence-corrected chi connectivity index (χ1v) is 5.57. The number of anilines is 1. The lowest BCUT2D eigenvalue weighted by Gasteiger charge is -2.09. The summed E-state index contributed by atoms with van der Waals surface area (Å²) in [5, 5.41) is 8.07. The van der Waals surface area contributed by atoms with Crippen molar-refractivity contribution >= 4 is 22.5 Å². The lowest BCUT2D eigenvalue weighted by atomic mass is 10.2. The molecule has 3 rings (SSSR count). The third kappa shape index (κ3) is 1.32. The van der Waals surface area contributed by atoms with E-state index in [0.717, 1.165) is 28.2 Å². The van der Waals surface area contributed by atoms with Crippen LogP contribution in [0, 0.1) is 13.8 Å². The molecule has 0 fully saturated rings. The Hall–Kier alpha value is -2.37. The van der Waals surface area contributed by atoms with E-state index in [0.29, 0.717) is 11.5 Å². The summed E-state index contributed by atoms with van der Waals surface area (Å²) in [6.45, 7) is 3.85. The molecular weight excluding hydrogens is 230 g/mol. The molecule has 0 saturated carbocycles. The first kappa shape index (κ1) is 10.8. The molecule has 0 bridgehead atoms. The van der Waals surface area contributed by atoms with Gasteiger partial charge in [0.05, 0.1) is 18.1 Å². The van der Waals surface area contributed by atoms with Crippen molar-refractivity contribution in [3.8, 4) is 5.75 Å². The number of ether oxygens (including phenoxy) is 1. The van der Waals surface area contributed by atoms with E-state index < -0.39 is 0 Å². The highest BCUT2D eigenvalue weighted by Gasteiger charge is 2.12. The van der Waals surface area contributed by atoms with Gasteiger partial charge < -0.3 is 10.5 Å². The molecule has 3 aromatic rings. The van der Waals surface area contributed by atoms with E-state index in [1.807, 2.05) is 30.4 Å². The van der Waals surface area contributed by atoms with Gasteiger partial charge in [-0.2, -0.15) is 0 Å². The normalized spacial score (nSPS) is 11.3. The van der Waals surface area contributed by atoms with Crippen molar-refractivity contribution in [1.29, 1.82) is 0 Å². The summed E-state index contributed by atoms with van der Waals surface area (Å²) in [5.41, 5.74) is 9.18. The number of aromatic nitrogens is 4. The Bertz CT molecular complexity index is 762. The third-order valence-corrected chi connectivity index (χ3v) is 3.03. The minimum Gasteiger partial charge on any atom is -0.496 e. The van der Waals surface area contributed by atoms with Gasteiger partial charge in [0.15, 0.2) is 5.82 Å². The van der Waals surface area contributed by atoms with E-state index in [-0.39, 0.29) is 0 Å². The van der Waals surface area contributed by atoms with Crippen LogP contribution in [-0.4, -0.2) is 26.7 Å². The quantitative estimate of drug-likeness (QED) is 0.700. The summed E-state index contributed by atoms with van der Waals surface area (Å²) < 4.78 is 7.22. The van der Waals surface area contributed by atoms with Crippen molar-refractivity contribution in [3.05, 3.63) is 23.5 Å². The van der Waals surface area contributed by atoms with Gasteiger partial charge in [-0.05, 0) is 25.5 Å². The molecular formula is C12H13N5O. The molecule has 0 saturated heterocycles. The monoisotopic (exact) mass is 243 g/mol. The Morgan fingerprint density at radius 3 is 2.72 bits per heavy atom. The van der Waals surface area contributed by atoms with Gasteiger partial charge in [-0.1, -0.05) is 0 Å². The van der Waals surface area contributed by atoms with Crippen LogP contribution in [0.15, 0.2) is 12.1 Å². The number of benzene rings is 1. The van der Waals surface area contributed by atoms with Crippen LogP contribution in [0.5, 0.6) is 5.75 Å². The van der Waals surface area contributed by atoms with Crippen molar-refractivity contribution < 1.29 is 4.74 Å². The van der Waals surface area contributed by atoms with Gasteiger partial charge in [-0.15, -0.1) is 10.2 Å². The van der Waals surface area contributed by atoms with Crippen molar-refractivity contribution in [2.24, 2.45) is 0 Å². The topological polar surface area (TPSA) is 78.3 Å². The zero-order valence-corrected chi connectivity index (χ0v) is 10.4. The van der Waals surface area contributed by atoms with Crippen molar-refractivity contribution in [1.82, 2.24) is 19.6 Å². The molecule has 0 atom stereocenters. The van der Waals surface area contributed by atoms with Gasteiger partial charge >= 0.3 is 0 Å². The number of fused-ring (bicyclic) bond motifs is 3. The van der Waals surface area contributed by atoms with E-state index in [2.05, 4.69) is 15.2 Å². The Morgan fingerprint density at radius 2 is 2.00 bits per heavy atom. The van der Waals surface area contributed by atoms with Gasteiger partial charge in [-0.3, -0.25) is 4.40 Å². The summed E-state index contributed by atoms with van der Waals surface area (Å²) in [6, 6.07) is 3.88. The first-order chi connectivity index (χ1) is 8.61. The van der Waals surface area contributed by atoms with E-state index >= 15 is 0 Å². The van der Waals surface area contributed by atoms with Crippen LogP contribution >= 0.6 is 0 Å². The van der Waals surface area contributed by atoms with Gasteiger partial charge in [-0.25, -0.2) is 4.98 Å². The number of hydrogen-bond acceptors (Lipinski definition) is 5. The molecule has 2 N–H and O–H groups in total. The fourth-order valence-corrected chi connectivity index (χ4v) is 2.15. The largest absolute Gasteiger partial charge is 0.496 e. The molecule has 0 aliphatic rings. The number of aryl methyl sites for hydroxylation is 2. The van der Waals surface area contributed by atoms with Crippen LogP contribution in [0.25, 0.3) is 16.7 Å². The maximum Gasteiger partial charge on any atom is 0.203 e. The van der Waals surface area contributed by atoms with Gasteiger partial charge in [0.25, 0.3) is 0 Å². The van der Waals surface area contributed by atoms with Crippen LogP contribution in [0.3, 0.4) is 0 Å². The Kier molecular flexibility index (Phi) is 2.13. The number of nitrogen functional groups attached to an aromatic ring is 1. The highest BCUT2D eigenvalue weighted by atomic mass is 16.5. The van der Waals surface area contributed by atoms with Gasteiger partial charge in [0.2, 0.25) is 5.65 Å². The van der Waals surface area contributed by atoms with E-state index in [4.69, 9.17) is 10.5 Å². The molecule has 2 heterocycles. The summed E-state index contributed by atoms with van der Waals surface area (Å²) in [5.74, 6) is 1.96. The predicted molar refractivity (Wildman–Crippen MR) is 68.7 cm³/mol. The van der Waals surface area contributed by atoms with E-state index in [1.165, 1.54) is 0 Å². The lowest BCUT2D eigenvalue weighted by Crippen LogP contribution is -2.01. The zero-order valence-electron chi connectivity index (χ0n) is 10.4. The highest BCUT2D eigenvalue weighted by Crippen LogP contribution is 2.26.